The summed E-state index contributed by atoms with van der Waals surface area (Å²) in [5.41, 5.74) is 2.11. The van der Waals surface area contributed by atoms with Crippen molar-refractivity contribution in [1.29, 1.82) is 0 Å². The molecule has 0 aliphatic carbocycles. The topological polar surface area (TPSA) is 261 Å². The number of aliphatic imine (C=N–C) groups is 1. The van der Waals surface area contributed by atoms with Gasteiger partial charge in [-0.25, -0.2) is 24.2 Å². The lowest BCUT2D eigenvalue weighted by molar-refractivity contribution is -0.139. The van der Waals surface area contributed by atoms with Gasteiger partial charge in [-0.05, 0) is 79.4 Å². The number of hydrogen-bond acceptors (Lipinski definition) is 13. The van der Waals surface area contributed by atoms with Gasteiger partial charge in [0.05, 0.1) is 18.8 Å². The fraction of sp³-hybridized carbons (Fsp3) is 0.240. The van der Waals surface area contributed by atoms with Crippen molar-refractivity contribution in [2.45, 2.75) is 64.5 Å². The minimum atomic E-state index is -1.22. The molecule has 0 spiro atoms. The molecule has 5 aromatic carbocycles. The number of hydrogen-bond donors (Lipinski definition) is 7. The number of alkyl carbamates (subject to hydrolysis) is 3. The fourth-order valence-electron chi connectivity index (χ4n) is 6.05. The number of phenolic OH excluding ortho intramolecular Hbond substituents is 1. The highest BCUT2D eigenvalue weighted by atomic mass is 16.6. The van der Waals surface area contributed by atoms with Crippen LogP contribution in [-0.4, -0.2) is 83.8 Å². The number of ether oxygens (including phenoxy) is 4. The normalized spacial score (nSPS) is 11.5. The molecule has 0 aliphatic heterocycles. The Labute approximate surface area is 398 Å². The highest BCUT2D eigenvalue weighted by molar-refractivity contribution is 6.02. The van der Waals surface area contributed by atoms with Crippen LogP contribution in [-0.2, 0) is 59.4 Å². The Balaban J connectivity index is 1.18. The Kier molecular flexibility index (Phi) is 19.2. The third kappa shape index (κ3) is 19.3. The van der Waals surface area contributed by atoms with E-state index in [1.54, 1.807) is 112 Å². The summed E-state index contributed by atoms with van der Waals surface area (Å²) in [4.78, 5) is 95.1. The molecule has 5 aromatic rings. The van der Waals surface area contributed by atoms with Crippen LogP contribution < -0.4 is 36.6 Å². The monoisotopic (exact) mass is 943 g/mol. The van der Waals surface area contributed by atoms with Gasteiger partial charge in [0, 0.05) is 12.8 Å². The number of amides is 6. The van der Waals surface area contributed by atoms with Gasteiger partial charge in [-0.15, -0.1) is 0 Å². The third-order valence-electron chi connectivity index (χ3n) is 9.32. The first kappa shape index (κ1) is 51.2. The Bertz CT molecular complexity index is 2480. The van der Waals surface area contributed by atoms with E-state index in [1.807, 2.05) is 12.1 Å². The van der Waals surface area contributed by atoms with E-state index in [0.29, 0.717) is 11.1 Å². The third-order valence-corrected chi connectivity index (χ3v) is 9.32. The zero-order valence-electron chi connectivity index (χ0n) is 38.1. The van der Waals surface area contributed by atoms with Crippen LogP contribution in [0.2, 0.25) is 0 Å². The second kappa shape index (κ2) is 25.8. The van der Waals surface area contributed by atoms with Gasteiger partial charge in [-0.2, -0.15) is 0 Å². The van der Waals surface area contributed by atoms with Gasteiger partial charge in [-0.3, -0.25) is 25.0 Å². The summed E-state index contributed by atoms with van der Waals surface area (Å²) in [6.45, 7) is 3.74. The minimum Gasteiger partial charge on any atom is -0.508 e. The van der Waals surface area contributed by atoms with Crippen molar-refractivity contribution in [3.05, 3.63) is 162 Å². The van der Waals surface area contributed by atoms with Crippen molar-refractivity contribution in [2.75, 3.05) is 13.1 Å². The van der Waals surface area contributed by atoms with E-state index in [9.17, 15) is 38.7 Å². The van der Waals surface area contributed by atoms with Gasteiger partial charge in [0.1, 0.15) is 42.4 Å². The maximum Gasteiger partial charge on any atom is 0.414 e. The van der Waals surface area contributed by atoms with E-state index in [0.717, 1.165) is 11.1 Å². The molecular weight excluding hydrogens is 891 g/mol. The molecule has 2 atom stereocenters. The number of esters is 1. The van der Waals surface area contributed by atoms with Crippen molar-refractivity contribution < 1.29 is 57.6 Å². The Morgan fingerprint density at radius 1 is 0.551 bits per heavy atom. The van der Waals surface area contributed by atoms with E-state index in [-0.39, 0.29) is 49.2 Å². The number of benzene rings is 5. The molecule has 0 heterocycles. The smallest absolute Gasteiger partial charge is 0.414 e. The summed E-state index contributed by atoms with van der Waals surface area (Å²) in [6.07, 6.45) is -2.66. The average Bonchev–Trinajstić information content (AvgIpc) is 3.32. The first-order chi connectivity index (χ1) is 33.1. The van der Waals surface area contributed by atoms with Crippen LogP contribution in [0.25, 0.3) is 0 Å². The predicted molar refractivity (Wildman–Crippen MR) is 252 cm³/mol. The second-order valence-electron chi connectivity index (χ2n) is 16.1. The van der Waals surface area contributed by atoms with Crippen LogP contribution in [0.5, 0.6) is 11.5 Å². The van der Waals surface area contributed by atoms with E-state index in [4.69, 9.17) is 18.9 Å². The summed E-state index contributed by atoms with van der Waals surface area (Å²) >= 11 is 0. The molecule has 0 saturated heterocycles. The standard InChI is InChI=1S/C50H53N7O12/c1-50(2,3)69-49(65)55-40(27-34-19-23-38(58)24-20-34)44(61)52-29-42(59)51-30-43(60)54-41(28-33-13-7-4-8-14-33)45(62)68-39-25-21-37(22-26-39)53-46(56-47(63)66-31-35-15-9-5-10-16-35)57-48(64)67-32-36-17-11-6-12-18-36/h4-26,40-41,58H,27-32H2,1-3H3,(H,51,59)(H,52,61)(H,54,60)(H,55,65)(H2,53,56,57,63,64)/t40-,41-/m0/s1. The maximum atomic E-state index is 13.6. The molecule has 6 amide bonds. The lowest BCUT2D eigenvalue weighted by Crippen LogP contribution is -2.52. The molecule has 19 nitrogen and oxygen atoms in total. The molecule has 0 bridgehead atoms. The number of nitrogens with one attached hydrogen (secondary N) is 6. The number of guanidine groups is 1. The number of phenols is 1. The van der Waals surface area contributed by atoms with Crippen LogP contribution in [0.1, 0.15) is 43.0 Å². The fourth-order valence-corrected chi connectivity index (χ4v) is 6.05. The lowest BCUT2D eigenvalue weighted by atomic mass is 10.1. The molecule has 7 N–H and O–H groups in total. The molecule has 0 aromatic heterocycles. The molecule has 69 heavy (non-hydrogen) atoms. The summed E-state index contributed by atoms with van der Waals surface area (Å²) in [7, 11) is 0. The summed E-state index contributed by atoms with van der Waals surface area (Å²) in [5, 5.41) is 24.4. The Hall–Kier alpha value is -8.74. The van der Waals surface area contributed by atoms with Gasteiger partial charge >= 0.3 is 24.2 Å². The van der Waals surface area contributed by atoms with Crippen LogP contribution in [0, 0.1) is 0 Å². The largest absolute Gasteiger partial charge is 0.508 e. The molecule has 0 aliphatic rings. The van der Waals surface area contributed by atoms with Crippen LogP contribution in [0.15, 0.2) is 145 Å². The molecule has 0 fully saturated rings. The molecule has 19 heteroatoms. The van der Waals surface area contributed by atoms with Gasteiger partial charge in [0.15, 0.2) is 0 Å². The summed E-state index contributed by atoms with van der Waals surface area (Å²) in [6, 6.07) is 36.0. The van der Waals surface area contributed by atoms with Crippen molar-refractivity contribution >= 4 is 53.6 Å². The number of carbonyl (C=O) groups excluding carboxylic acids is 7. The first-order valence-corrected chi connectivity index (χ1v) is 21.6. The summed E-state index contributed by atoms with van der Waals surface area (Å²) < 4.78 is 21.5. The van der Waals surface area contributed by atoms with E-state index in [2.05, 4.69) is 36.9 Å². The Morgan fingerprint density at radius 2 is 1.04 bits per heavy atom. The maximum absolute atomic E-state index is 13.6. The highest BCUT2D eigenvalue weighted by Crippen LogP contribution is 2.20. The van der Waals surface area contributed by atoms with Gasteiger partial charge in [0.25, 0.3) is 0 Å². The first-order valence-electron chi connectivity index (χ1n) is 21.6. The van der Waals surface area contributed by atoms with E-state index < -0.39 is 72.7 Å². The molecule has 360 valence electrons. The van der Waals surface area contributed by atoms with Crippen molar-refractivity contribution in [1.82, 2.24) is 31.9 Å². The van der Waals surface area contributed by atoms with Crippen LogP contribution >= 0.6 is 0 Å². The van der Waals surface area contributed by atoms with Gasteiger partial charge in [-0.1, -0.05) is 103 Å². The highest BCUT2D eigenvalue weighted by Gasteiger charge is 2.27. The molecule has 0 saturated carbocycles. The van der Waals surface area contributed by atoms with Crippen molar-refractivity contribution in [3.63, 3.8) is 0 Å². The van der Waals surface area contributed by atoms with Crippen LogP contribution in [0.3, 0.4) is 0 Å². The van der Waals surface area contributed by atoms with Gasteiger partial charge in [0.2, 0.25) is 23.7 Å². The van der Waals surface area contributed by atoms with E-state index >= 15 is 0 Å². The van der Waals surface area contributed by atoms with Crippen molar-refractivity contribution in [2.24, 2.45) is 4.99 Å². The van der Waals surface area contributed by atoms with Crippen LogP contribution in [0.4, 0.5) is 20.1 Å². The molecular formula is C50H53N7O12. The zero-order chi connectivity index (χ0) is 49.6. The number of nitrogens with zero attached hydrogens (tertiary/aromatic N) is 1. The zero-order valence-corrected chi connectivity index (χ0v) is 38.1. The average molecular weight is 944 g/mol. The molecule has 0 radical (unpaired) electrons. The quantitative estimate of drug-likeness (QED) is 0.0196. The number of rotatable bonds is 18. The molecule has 5 rings (SSSR count). The van der Waals surface area contributed by atoms with Gasteiger partial charge < -0.3 is 45.3 Å². The number of carbonyl (C=O) groups is 7. The Morgan fingerprint density at radius 3 is 1.58 bits per heavy atom. The lowest BCUT2D eigenvalue weighted by Gasteiger charge is -2.23. The minimum absolute atomic E-state index is 0.00405. The predicted octanol–water partition coefficient (Wildman–Crippen LogP) is 5.23. The second-order valence-corrected chi connectivity index (χ2v) is 16.1. The van der Waals surface area contributed by atoms with E-state index in [1.165, 1.54) is 36.4 Å². The van der Waals surface area contributed by atoms with Crippen molar-refractivity contribution in [3.8, 4) is 11.5 Å². The molecule has 0 unspecified atom stereocenters. The summed E-state index contributed by atoms with van der Waals surface area (Å²) in [5.74, 6) is -3.29. The number of aromatic hydroxyl groups is 1. The SMILES string of the molecule is CC(C)(C)OC(=O)N[C@@H](Cc1ccc(O)cc1)C(=O)NCC(=O)NCC(=O)N[C@@H](Cc1ccccc1)C(=O)Oc1ccc(N=C(NC(=O)OCc2ccccc2)NC(=O)OCc2ccccc2)cc1.